The zero-order valence-corrected chi connectivity index (χ0v) is 28.8. The van der Waals surface area contributed by atoms with Crippen molar-refractivity contribution in [1.29, 1.82) is 0 Å². The maximum atomic E-state index is 11.2. The van der Waals surface area contributed by atoms with Crippen molar-refractivity contribution in [3.8, 4) is 11.5 Å². The first kappa shape index (κ1) is 35.1. The van der Waals surface area contributed by atoms with Crippen LogP contribution in [0.3, 0.4) is 0 Å². The van der Waals surface area contributed by atoms with E-state index in [-0.39, 0.29) is 50.8 Å². The molecule has 3 rings (SSSR count). The molecule has 0 radical (unpaired) electrons. The van der Waals surface area contributed by atoms with Crippen LogP contribution in [0.5, 0.6) is 11.5 Å². The van der Waals surface area contributed by atoms with Crippen LogP contribution in [0.2, 0.25) is 0 Å². The fraction of sp³-hybridized carbons (Fsp3) is 0.611. The smallest absolute Gasteiger partial charge is 0.507 e. The summed E-state index contributed by atoms with van der Waals surface area (Å²) in [6.45, 7) is 26.0. The first-order valence-corrected chi connectivity index (χ1v) is 15.0. The van der Waals surface area contributed by atoms with Crippen LogP contribution >= 0.6 is 0 Å². The number of aliphatic imine (C=N–C) groups is 2. The molecule has 2 N–H and O–H groups in total. The van der Waals surface area contributed by atoms with Gasteiger partial charge in [-0.05, 0) is 57.8 Å². The summed E-state index contributed by atoms with van der Waals surface area (Å²) < 4.78 is 0. The van der Waals surface area contributed by atoms with E-state index >= 15 is 0 Å². The number of aromatic hydroxyl groups is 2. The van der Waals surface area contributed by atoms with E-state index < -0.39 is 0 Å². The predicted molar refractivity (Wildman–Crippen MR) is 172 cm³/mol. The minimum Gasteiger partial charge on any atom is -0.507 e. The summed E-state index contributed by atoms with van der Waals surface area (Å²) in [6, 6.07) is 8.53. The maximum absolute atomic E-state index is 11.2. The van der Waals surface area contributed by atoms with E-state index in [0.29, 0.717) is 11.5 Å². The van der Waals surface area contributed by atoms with Crippen LogP contribution in [-0.2, 0) is 38.7 Å². The van der Waals surface area contributed by atoms with Crippen LogP contribution in [0.1, 0.15) is 142 Å². The van der Waals surface area contributed by atoms with Crippen LogP contribution in [0.15, 0.2) is 34.3 Å². The van der Waals surface area contributed by atoms with Crippen LogP contribution in [0.4, 0.5) is 0 Å². The average molecular weight is 602 g/mol. The van der Waals surface area contributed by atoms with Crippen LogP contribution < -0.4 is 0 Å². The van der Waals surface area contributed by atoms with Gasteiger partial charge in [0.05, 0.1) is 12.1 Å². The van der Waals surface area contributed by atoms with E-state index in [4.69, 9.17) is 9.98 Å². The molecular formula is C36H54MnN2O2+3. The molecule has 0 bridgehead atoms. The number of phenolic OH excluding ortho intramolecular Hbond substituents is 2. The van der Waals surface area contributed by atoms with Crippen molar-refractivity contribution >= 4 is 12.4 Å². The third-order valence-electron chi connectivity index (χ3n) is 8.13. The summed E-state index contributed by atoms with van der Waals surface area (Å²) in [7, 11) is 0. The van der Waals surface area contributed by atoms with Gasteiger partial charge in [-0.1, -0.05) is 108 Å². The second kappa shape index (κ2) is 12.6. The van der Waals surface area contributed by atoms with E-state index in [1.807, 2.05) is 12.4 Å². The Morgan fingerprint density at radius 2 is 0.878 bits per heavy atom. The van der Waals surface area contributed by atoms with Gasteiger partial charge in [0.25, 0.3) is 0 Å². The molecule has 2 aromatic rings. The molecule has 1 fully saturated rings. The summed E-state index contributed by atoms with van der Waals surface area (Å²) in [4.78, 5) is 10.1. The van der Waals surface area contributed by atoms with Gasteiger partial charge in [0.1, 0.15) is 11.5 Å². The van der Waals surface area contributed by atoms with Crippen LogP contribution in [-0.4, -0.2) is 34.7 Å². The van der Waals surface area contributed by atoms with Crippen molar-refractivity contribution in [3.05, 3.63) is 57.6 Å². The molecule has 0 heterocycles. The van der Waals surface area contributed by atoms with Crippen molar-refractivity contribution < 1.29 is 27.3 Å². The Labute approximate surface area is 260 Å². The van der Waals surface area contributed by atoms with E-state index in [2.05, 4.69) is 107 Å². The summed E-state index contributed by atoms with van der Waals surface area (Å²) in [5, 5.41) is 22.5. The molecule has 5 heteroatoms. The monoisotopic (exact) mass is 601 g/mol. The van der Waals surface area contributed by atoms with Crippen molar-refractivity contribution in [1.82, 2.24) is 0 Å². The van der Waals surface area contributed by atoms with E-state index in [9.17, 15) is 10.2 Å². The number of phenols is 2. The second-order valence-corrected chi connectivity index (χ2v) is 15.9. The first-order chi connectivity index (χ1) is 18.2. The minimum atomic E-state index is -0.179. The van der Waals surface area contributed by atoms with Gasteiger partial charge >= 0.3 is 17.1 Å². The fourth-order valence-corrected chi connectivity index (χ4v) is 5.31. The van der Waals surface area contributed by atoms with Crippen LogP contribution in [0, 0.1) is 0 Å². The molecule has 1 saturated carbocycles. The largest absolute Gasteiger partial charge is 3.00 e. The second-order valence-electron chi connectivity index (χ2n) is 15.9. The van der Waals surface area contributed by atoms with E-state index in [0.717, 1.165) is 47.9 Å². The molecule has 4 nitrogen and oxygen atoms in total. The normalized spacial score (nSPS) is 19.1. The molecule has 0 saturated heterocycles. The molecule has 1 aliphatic carbocycles. The summed E-state index contributed by atoms with van der Waals surface area (Å²) in [5.41, 5.74) is 5.39. The summed E-state index contributed by atoms with van der Waals surface area (Å²) >= 11 is 0. The molecular weight excluding hydrogens is 547 g/mol. The Morgan fingerprint density at radius 3 is 1.15 bits per heavy atom. The first-order valence-electron chi connectivity index (χ1n) is 15.0. The van der Waals surface area contributed by atoms with Crippen molar-refractivity contribution in [2.24, 2.45) is 9.98 Å². The number of benzene rings is 2. The molecule has 0 spiro atoms. The molecule has 0 aromatic heterocycles. The zero-order chi connectivity index (χ0) is 30.3. The van der Waals surface area contributed by atoms with Gasteiger partial charge in [-0.25, -0.2) is 0 Å². The molecule has 0 unspecified atom stereocenters. The molecule has 1 aliphatic rings. The van der Waals surface area contributed by atoms with E-state index in [1.54, 1.807) is 0 Å². The molecule has 0 amide bonds. The SMILES string of the molecule is CC(C)(C)c1cc(C=N[C@@H]2CCCC[C@H]2N=Cc2cc(C(C)(C)C)cc(C(C)(C)C)c2O)c(O)c(C(C)(C)C)c1.[Mn+3]. The topological polar surface area (TPSA) is 65.2 Å². The Morgan fingerprint density at radius 1 is 0.561 bits per heavy atom. The van der Waals surface area contributed by atoms with Gasteiger partial charge in [-0.2, -0.15) is 0 Å². The van der Waals surface area contributed by atoms with Gasteiger partial charge in [0.2, 0.25) is 0 Å². The quantitative estimate of drug-likeness (QED) is 0.271. The summed E-state index contributed by atoms with van der Waals surface area (Å²) in [5.74, 6) is 0.637. The Kier molecular flexibility index (Phi) is 10.8. The zero-order valence-electron chi connectivity index (χ0n) is 27.6. The van der Waals surface area contributed by atoms with Crippen LogP contribution in [0.25, 0.3) is 0 Å². The Bertz CT molecular complexity index is 1170. The number of hydrogen-bond acceptors (Lipinski definition) is 4. The molecule has 41 heavy (non-hydrogen) atoms. The molecule has 0 aliphatic heterocycles. The third kappa shape index (κ3) is 8.71. The minimum absolute atomic E-state index is 0. The third-order valence-corrected chi connectivity index (χ3v) is 8.13. The van der Waals surface area contributed by atoms with Gasteiger partial charge < -0.3 is 10.2 Å². The summed E-state index contributed by atoms with van der Waals surface area (Å²) in [6.07, 6.45) is 7.90. The molecule has 224 valence electrons. The molecule has 2 aromatic carbocycles. The van der Waals surface area contributed by atoms with Gasteiger partial charge in [0.15, 0.2) is 0 Å². The van der Waals surface area contributed by atoms with Gasteiger partial charge in [-0.3, -0.25) is 9.98 Å². The number of rotatable bonds is 4. The number of nitrogens with zero attached hydrogens (tertiary/aromatic N) is 2. The average Bonchev–Trinajstić information content (AvgIpc) is 2.80. The van der Waals surface area contributed by atoms with Gasteiger partial charge in [0, 0.05) is 34.7 Å². The molecule has 2 atom stereocenters. The predicted octanol–water partition coefficient (Wildman–Crippen LogP) is 9.13. The Balaban J connectivity index is 0.00000588. The maximum Gasteiger partial charge on any atom is 3.00 e. The standard InChI is InChI=1S/C36H54N2O2.Mn/c1-33(2,3)25-17-23(31(39)27(19-25)35(7,8)9)21-37-29-15-13-14-16-30(29)38-22-24-18-26(34(4,5)6)20-28(32(24)40)36(10,11)12;/h17-22,29-30,39-40H,13-16H2,1-12H3;/q;+3/t29-,30-;/m1./s1. The van der Waals surface area contributed by atoms with Crippen molar-refractivity contribution in [2.75, 3.05) is 0 Å². The van der Waals surface area contributed by atoms with Crippen molar-refractivity contribution in [2.45, 2.75) is 143 Å². The van der Waals surface area contributed by atoms with E-state index in [1.165, 1.54) is 11.1 Å². The van der Waals surface area contributed by atoms with Gasteiger partial charge in [-0.15, -0.1) is 0 Å². The van der Waals surface area contributed by atoms with Crippen molar-refractivity contribution in [3.63, 3.8) is 0 Å². The Hall–Kier alpha value is -2.10. The number of hydrogen-bond donors (Lipinski definition) is 2. The fourth-order valence-electron chi connectivity index (χ4n) is 5.31.